The monoisotopic (exact) mass is 283 g/mol. The average Bonchev–Trinajstić information content (AvgIpc) is 3.06. The Hall–Kier alpha value is -2.96. The summed E-state index contributed by atoms with van der Waals surface area (Å²) in [5, 5.41) is 14.3. The lowest BCUT2D eigenvalue weighted by molar-refractivity contribution is 0.101. The molecule has 0 aliphatic heterocycles. The van der Waals surface area contributed by atoms with Crippen molar-refractivity contribution in [1.29, 1.82) is 0 Å². The normalized spacial score (nSPS) is 10.6. The molecule has 21 heavy (non-hydrogen) atoms. The molecular weight excluding hydrogens is 270 g/mol. The molecule has 0 radical (unpaired) electrons. The molecule has 0 atom stereocenters. The third-order valence-electron chi connectivity index (χ3n) is 2.89. The van der Waals surface area contributed by atoms with Gasteiger partial charge < -0.3 is 4.42 Å². The number of aryl methyl sites for hydroxylation is 2. The third kappa shape index (κ3) is 2.66. The highest BCUT2D eigenvalue weighted by molar-refractivity contribution is 6.02. The Balaban J connectivity index is 1.79. The molecule has 0 aliphatic carbocycles. The zero-order chi connectivity index (χ0) is 14.8. The van der Waals surface area contributed by atoms with Crippen LogP contribution in [0.3, 0.4) is 0 Å². The molecule has 0 unspecified atom stereocenters. The smallest absolute Gasteiger partial charge is 0.322 e. The predicted octanol–water partition coefficient (Wildman–Crippen LogP) is 2.03. The van der Waals surface area contributed by atoms with Gasteiger partial charge in [-0.25, -0.2) is 0 Å². The summed E-state index contributed by atoms with van der Waals surface area (Å²) >= 11 is 0. The Kier molecular flexibility index (Phi) is 3.23. The maximum absolute atomic E-state index is 12.1. The van der Waals surface area contributed by atoms with Gasteiger partial charge in [-0.05, 0) is 19.1 Å². The van der Waals surface area contributed by atoms with Gasteiger partial charge in [-0.1, -0.05) is 23.3 Å². The van der Waals surface area contributed by atoms with Gasteiger partial charge in [0.15, 0.2) is 5.69 Å². The number of nitrogens with zero attached hydrogens (tertiary/aromatic N) is 4. The lowest BCUT2D eigenvalue weighted by Gasteiger charge is -1.97. The van der Waals surface area contributed by atoms with Crippen LogP contribution >= 0.6 is 0 Å². The van der Waals surface area contributed by atoms with Crippen molar-refractivity contribution in [2.24, 2.45) is 7.05 Å². The van der Waals surface area contributed by atoms with Crippen LogP contribution in [0.2, 0.25) is 0 Å². The van der Waals surface area contributed by atoms with Gasteiger partial charge in [0.2, 0.25) is 5.89 Å². The SMILES string of the molecule is Cc1cn(C)nc1C(=O)Nc1nnc(-c2ccccc2)o1. The summed E-state index contributed by atoms with van der Waals surface area (Å²) in [5.74, 6) is -0.0278. The van der Waals surface area contributed by atoms with E-state index in [4.69, 9.17) is 4.42 Å². The number of benzene rings is 1. The lowest BCUT2D eigenvalue weighted by atomic mass is 10.2. The first kappa shape index (κ1) is 13.0. The average molecular weight is 283 g/mol. The van der Waals surface area contributed by atoms with Crippen LogP contribution < -0.4 is 5.32 Å². The molecule has 2 aromatic heterocycles. The van der Waals surface area contributed by atoms with E-state index in [1.54, 1.807) is 17.9 Å². The van der Waals surface area contributed by atoms with Gasteiger partial charge in [0.1, 0.15) is 0 Å². The number of carbonyl (C=O) groups is 1. The van der Waals surface area contributed by atoms with Crippen LogP contribution in [0.25, 0.3) is 11.5 Å². The summed E-state index contributed by atoms with van der Waals surface area (Å²) in [6.45, 7) is 1.81. The molecule has 2 heterocycles. The van der Waals surface area contributed by atoms with Gasteiger partial charge in [-0.2, -0.15) is 5.10 Å². The fourth-order valence-electron chi connectivity index (χ4n) is 1.96. The first-order valence-electron chi connectivity index (χ1n) is 6.34. The van der Waals surface area contributed by atoms with E-state index < -0.39 is 0 Å². The first-order valence-corrected chi connectivity index (χ1v) is 6.34. The van der Waals surface area contributed by atoms with Crippen molar-refractivity contribution < 1.29 is 9.21 Å². The summed E-state index contributed by atoms with van der Waals surface area (Å²) < 4.78 is 7.00. The highest BCUT2D eigenvalue weighted by Crippen LogP contribution is 2.19. The van der Waals surface area contributed by atoms with Crippen molar-refractivity contribution in [3.8, 4) is 11.5 Å². The van der Waals surface area contributed by atoms with Crippen molar-refractivity contribution >= 4 is 11.9 Å². The van der Waals surface area contributed by atoms with E-state index in [9.17, 15) is 4.79 Å². The van der Waals surface area contributed by atoms with E-state index in [0.29, 0.717) is 11.6 Å². The van der Waals surface area contributed by atoms with Gasteiger partial charge in [0.05, 0.1) is 0 Å². The molecule has 0 saturated heterocycles. The van der Waals surface area contributed by atoms with Crippen molar-refractivity contribution in [3.05, 3.63) is 47.8 Å². The molecule has 0 saturated carbocycles. The molecule has 3 rings (SSSR count). The molecule has 0 fully saturated rings. The second-order valence-electron chi connectivity index (χ2n) is 4.57. The van der Waals surface area contributed by atoms with E-state index in [-0.39, 0.29) is 11.9 Å². The van der Waals surface area contributed by atoms with E-state index in [2.05, 4.69) is 20.6 Å². The molecule has 0 spiro atoms. The second-order valence-corrected chi connectivity index (χ2v) is 4.57. The molecular formula is C14H13N5O2. The predicted molar refractivity (Wildman–Crippen MR) is 75.6 cm³/mol. The van der Waals surface area contributed by atoms with E-state index in [1.165, 1.54) is 0 Å². The van der Waals surface area contributed by atoms with Crippen LogP contribution in [-0.2, 0) is 7.05 Å². The number of hydrogen-bond donors (Lipinski definition) is 1. The van der Waals surface area contributed by atoms with Crippen LogP contribution in [-0.4, -0.2) is 25.9 Å². The highest BCUT2D eigenvalue weighted by Gasteiger charge is 2.16. The van der Waals surface area contributed by atoms with Gasteiger partial charge in [0, 0.05) is 24.4 Å². The molecule has 0 bridgehead atoms. The lowest BCUT2D eigenvalue weighted by Crippen LogP contribution is -2.14. The minimum atomic E-state index is -0.378. The fraction of sp³-hybridized carbons (Fsp3) is 0.143. The third-order valence-corrected chi connectivity index (χ3v) is 2.89. The summed E-state index contributed by atoms with van der Waals surface area (Å²) in [7, 11) is 1.75. The first-order chi connectivity index (χ1) is 10.1. The van der Waals surface area contributed by atoms with E-state index in [1.807, 2.05) is 37.3 Å². The molecule has 0 aliphatic rings. The standard InChI is InChI=1S/C14H13N5O2/c1-9-8-19(2)18-11(9)12(20)15-14-17-16-13(21-14)10-6-4-3-5-7-10/h3-8H,1-2H3,(H,15,17,20). The van der Waals surface area contributed by atoms with Gasteiger partial charge in [-0.15, -0.1) is 5.10 Å². The minimum absolute atomic E-state index is 0.0453. The number of aromatic nitrogens is 4. The van der Waals surface area contributed by atoms with Gasteiger partial charge >= 0.3 is 6.01 Å². The molecule has 1 N–H and O–H groups in total. The van der Waals surface area contributed by atoms with Crippen LogP contribution in [0.15, 0.2) is 40.9 Å². The zero-order valence-corrected chi connectivity index (χ0v) is 11.6. The van der Waals surface area contributed by atoms with E-state index in [0.717, 1.165) is 11.1 Å². The van der Waals surface area contributed by atoms with Crippen LogP contribution in [0.4, 0.5) is 6.01 Å². The molecule has 1 amide bonds. The number of anilines is 1. The summed E-state index contributed by atoms with van der Waals surface area (Å²) in [6, 6.07) is 9.38. The Morgan fingerprint density at radius 1 is 1.24 bits per heavy atom. The number of rotatable bonds is 3. The van der Waals surface area contributed by atoms with Crippen molar-refractivity contribution in [2.45, 2.75) is 6.92 Å². The van der Waals surface area contributed by atoms with Crippen LogP contribution in [0.5, 0.6) is 0 Å². The molecule has 106 valence electrons. The maximum Gasteiger partial charge on any atom is 0.322 e. The Bertz CT molecular complexity index is 776. The number of nitrogens with one attached hydrogen (secondary N) is 1. The Morgan fingerprint density at radius 3 is 2.67 bits per heavy atom. The zero-order valence-electron chi connectivity index (χ0n) is 11.6. The molecule has 3 aromatic rings. The summed E-state index contributed by atoms with van der Waals surface area (Å²) in [6.07, 6.45) is 1.76. The summed E-state index contributed by atoms with van der Waals surface area (Å²) in [4.78, 5) is 12.1. The van der Waals surface area contributed by atoms with Crippen LogP contribution in [0, 0.1) is 6.92 Å². The highest BCUT2D eigenvalue weighted by atomic mass is 16.4. The van der Waals surface area contributed by atoms with Crippen molar-refractivity contribution in [1.82, 2.24) is 20.0 Å². The second kappa shape index (κ2) is 5.20. The Labute approximate surface area is 120 Å². The summed E-state index contributed by atoms with van der Waals surface area (Å²) in [5.41, 5.74) is 1.90. The van der Waals surface area contributed by atoms with Crippen molar-refractivity contribution in [3.63, 3.8) is 0 Å². The topological polar surface area (TPSA) is 85.8 Å². The van der Waals surface area contributed by atoms with Crippen molar-refractivity contribution in [2.75, 3.05) is 5.32 Å². The Morgan fingerprint density at radius 2 is 2.00 bits per heavy atom. The number of hydrogen-bond acceptors (Lipinski definition) is 5. The molecule has 7 nitrogen and oxygen atoms in total. The quantitative estimate of drug-likeness (QED) is 0.794. The van der Waals surface area contributed by atoms with E-state index >= 15 is 0 Å². The minimum Gasteiger partial charge on any atom is -0.403 e. The number of amides is 1. The van der Waals surface area contributed by atoms with Crippen LogP contribution in [0.1, 0.15) is 16.1 Å². The molecule has 7 heteroatoms. The van der Waals surface area contributed by atoms with Gasteiger partial charge in [0.25, 0.3) is 5.91 Å². The van der Waals surface area contributed by atoms with Gasteiger partial charge in [-0.3, -0.25) is 14.8 Å². The number of carbonyl (C=O) groups excluding carboxylic acids is 1. The molecule has 1 aromatic carbocycles. The fourth-order valence-corrected chi connectivity index (χ4v) is 1.96. The largest absolute Gasteiger partial charge is 0.403 e. The maximum atomic E-state index is 12.1.